The summed E-state index contributed by atoms with van der Waals surface area (Å²) < 4.78 is 5.29. The molecule has 0 aromatic heterocycles. The van der Waals surface area contributed by atoms with Gasteiger partial charge in [-0.3, -0.25) is 4.90 Å². The molecule has 1 atom stereocenters. The van der Waals surface area contributed by atoms with Crippen molar-refractivity contribution in [3.05, 3.63) is 42.5 Å². The Morgan fingerprint density at radius 1 is 1.32 bits per heavy atom. The van der Waals surface area contributed by atoms with Gasteiger partial charge in [0.25, 0.3) is 0 Å². The first-order valence-corrected chi connectivity index (χ1v) is 8.19. The molecule has 124 valence electrons. The number of hydrogen-bond donors (Lipinski definition) is 1. The third kappa shape index (κ3) is 7.62. The summed E-state index contributed by atoms with van der Waals surface area (Å²) in [7, 11) is 1.69. The summed E-state index contributed by atoms with van der Waals surface area (Å²) in [6.45, 7) is 10.7. The van der Waals surface area contributed by atoms with Crippen LogP contribution in [0.5, 0.6) is 5.75 Å². The van der Waals surface area contributed by atoms with Gasteiger partial charge in [-0.1, -0.05) is 32.1 Å². The molecule has 0 heterocycles. The second-order valence-electron chi connectivity index (χ2n) is 6.29. The molecule has 0 saturated carbocycles. The molecule has 1 rings (SSSR count). The van der Waals surface area contributed by atoms with E-state index in [-0.39, 0.29) is 6.10 Å². The van der Waals surface area contributed by atoms with E-state index >= 15 is 0 Å². The number of rotatable bonds is 11. The zero-order chi connectivity index (χ0) is 16.4. The molecule has 0 spiro atoms. The normalized spacial score (nSPS) is 12.6. The van der Waals surface area contributed by atoms with Gasteiger partial charge in [-0.05, 0) is 49.4 Å². The third-order valence-electron chi connectivity index (χ3n) is 3.74. The Bertz CT molecular complexity index is 431. The van der Waals surface area contributed by atoms with Crippen molar-refractivity contribution in [2.75, 3.05) is 20.2 Å². The molecular weight excluding hydrogens is 274 g/mol. The molecule has 0 fully saturated rings. The molecule has 3 heteroatoms. The lowest BCUT2D eigenvalue weighted by molar-refractivity contribution is 0.0994. The van der Waals surface area contributed by atoms with Crippen LogP contribution in [-0.2, 0) is 6.54 Å². The second kappa shape index (κ2) is 10.4. The van der Waals surface area contributed by atoms with Gasteiger partial charge in [-0.2, -0.15) is 0 Å². The number of nitrogens with zero attached hydrogens (tertiary/aromatic N) is 1. The highest BCUT2D eigenvalue weighted by molar-refractivity contribution is 5.28. The maximum Gasteiger partial charge on any atom is 0.119 e. The minimum atomic E-state index is -0.296. The van der Waals surface area contributed by atoms with Gasteiger partial charge in [0.1, 0.15) is 5.75 Å². The first-order valence-electron chi connectivity index (χ1n) is 8.19. The maximum absolute atomic E-state index is 10.2. The van der Waals surface area contributed by atoms with E-state index in [0.29, 0.717) is 12.5 Å². The lowest BCUT2D eigenvalue weighted by Gasteiger charge is -2.26. The van der Waals surface area contributed by atoms with Crippen LogP contribution in [0.2, 0.25) is 0 Å². The first-order chi connectivity index (χ1) is 10.5. The summed E-state index contributed by atoms with van der Waals surface area (Å²) in [5, 5.41) is 10.2. The van der Waals surface area contributed by atoms with Gasteiger partial charge in [0, 0.05) is 13.1 Å². The van der Waals surface area contributed by atoms with Crippen molar-refractivity contribution < 1.29 is 9.84 Å². The summed E-state index contributed by atoms with van der Waals surface area (Å²) in [4.78, 5) is 2.34. The van der Waals surface area contributed by atoms with Gasteiger partial charge < -0.3 is 9.84 Å². The smallest absolute Gasteiger partial charge is 0.119 e. The fraction of sp³-hybridized carbons (Fsp3) is 0.579. The number of allylic oxidation sites excluding steroid dienone is 1. The number of benzene rings is 1. The van der Waals surface area contributed by atoms with Crippen LogP contribution in [0.4, 0.5) is 0 Å². The second-order valence-corrected chi connectivity index (χ2v) is 6.29. The topological polar surface area (TPSA) is 32.7 Å². The Morgan fingerprint density at radius 2 is 2.09 bits per heavy atom. The molecule has 0 bridgehead atoms. The van der Waals surface area contributed by atoms with Crippen LogP contribution in [-0.4, -0.2) is 36.3 Å². The molecule has 0 saturated heterocycles. The summed E-state index contributed by atoms with van der Waals surface area (Å²) in [5.41, 5.74) is 1.22. The van der Waals surface area contributed by atoms with Crippen LogP contribution in [0.3, 0.4) is 0 Å². The average Bonchev–Trinajstić information content (AvgIpc) is 2.50. The van der Waals surface area contributed by atoms with Gasteiger partial charge in [0.05, 0.1) is 13.2 Å². The fourth-order valence-electron chi connectivity index (χ4n) is 2.40. The molecule has 1 N–H and O–H groups in total. The molecule has 22 heavy (non-hydrogen) atoms. The molecule has 0 radical (unpaired) electrons. The molecule has 1 unspecified atom stereocenters. The monoisotopic (exact) mass is 305 g/mol. The van der Waals surface area contributed by atoms with Crippen molar-refractivity contribution in [1.82, 2.24) is 4.90 Å². The predicted octanol–water partition coefficient (Wildman–Crippen LogP) is 3.87. The van der Waals surface area contributed by atoms with Crippen molar-refractivity contribution in [3.8, 4) is 5.75 Å². The molecule has 3 nitrogen and oxygen atoms in total. The Kier molecular flexibility index (Phi) is 8.86. The zero-order valence-corrected chi connectivity index (χ0v) is 14.3. The van der Waals surface area contributed by atoms with Crippen molar-refractivity contribution >= 4 is 0 Å². The molecule has 0 aliphatic rings. The van der Waals surface area contributed by atoms with E-state index in [4.69, 9.17) is 4.74 Å². The number of ether oxygens (including phenoxy) is 1. The van der Waals surface area contributed by atoms with E-state index in [9.17, 15) is 5.11 Å². The van der Waals surface area contributed by atoms with Crippen molar-refractivity contribution in [3.63, 3.8) is 0 Å². The summed E-state index contributed by atoms with van der Waals surface area (Å²) in [6.07, 6.45) is 4.34. The van der Waals surface area contributed by atoms with E-state index in [1.807, 2.05) is 18.2 Å². The standard InChI is InChI=1S/C19H31NO2/c1-5-6-9-18(21)15-20(12-11-16(2)3)14-17-8-7-10-19(13-17)22-4/h5,7-8,10,13,16,18,21H,1,6,9,11-12,14-15H2,2-4H3. The molecule has 1 aromatic carbocycles. The van der Waals surface area contributed by atoms with E-state index < -0.39 is 0 Å². The van der Waals surface area contributed by atoms with Gasteiger partial charge in [-0.25, -0.2) is 0 Å². The summed E-state index contributed by atoms with van der Waals surface area (Å²) >= 11 is 0. The van der Waals surface area contributed by atoms with Crippen molar-refractivity contribution in [1.29, 1.82) is 0 Å². The van der Waals surface area contributed by atoms with Crippen LogP contribution in [0.1, 0.15) is 38.7 Å². The van der Waals surface area contributed by atoms with Crippen LogP contribution >= 0.6 is 0 Å². The number of hydrogen-bond acceptors (Lipinski definition) is 3. The van der Waals surface area contributed by atoms with Gasteiger partial charge in [-0.15, -0.1) is 6.58 Å². The number of methoxy groups -OCH3 is 1. The van der Waals surface area contributed by atoms with Gasteiger partial charge in [0.2, 0.25) is 0 Å². The Morgan fingerprint density at radius 3 is 2.73 bits per heavy atom. The lowest BCUT2D eigenvalue weighted by Crippen LogP contribution is -2.33. The molecule has 0 aliphatic heterocycles. The number of aliphatic hydroxyl groups excluding tert-OH is 1. The highest BCUT2D eigenvalue weighted by Gasteiger charge is 2.13. The van der Waals surface area contributed by atoms with E-state index in [1.54, 1.807) is 7.11 Å². The minimum Gasteiger partial charge on any atom is -0.497 e. The number of aliphatic hydroxyl groups is 1. The molecule has 1 aromatic rings. The largest absolute Gasteiger partial charge is 0.497 e. The molecule has 0 amide bonds. The van der Waals surface area contributed by atoms with Crippen molar-refractivity contribution in [2.24, 2.45) is 5.92 Å². The van der Waals surface area contributed by atoms with Crippen LogP contribution < -0.4 is 4.74 Å². The fourth-order valence-corrected chi connectivity index (χ4v) is 2.40. The average molecular weight is 305 g/mol. The van der Waals surface area contributed by atoms with Crippen LogP contribution in [0, 0.1) is 5.92 Å². The molecule has 0 aliphatic carbocycles. The Balaban J connectivity index is 2.64. The van der Waals surface area contributed by atoms with E-state index in [2.05, 4.69) is 37.5 Å². The van der Waals surface area contributed by atoms with E-state index in [0.717, 1.165) is 38.1 Å². The maximum atomic E-state index is 10.2. The highest BCUT2D eigenvalue weighted by Crippen LogP contribution is 2.16. The van der Waals surface area contributed by atoms with E-state index in [1.165, 1.54) is 5.56 Å². The van der Waals surface area contributed by atoms with Gasteiger partial charge >= 0.3 is 0 Å². The Labute approximate surface area is 135 Å². The minimum absolute atomic E-state index is 0.296. The third-order valence-corrected chi connectivity index (χ3v) is 3.74. The lowest BCUT2D eigenvalue weighted by atomic mass is 10.1. The quantitative estimate of drug-likeness (QED) is 0.630. The predicted molar refractivity (Wildman–Crippen MR) is 93.2 cm³/mol. The molecular formula is C19H31NO2. The van der Waals surface area contributed by atoms with Crippen LogP contribution in [0.25, 0.3) is 0 Å². The Hall–Kier alpha value is -1.32. The van der Waals surface area contributed by atoms with Crippen molar-refractivity contribution in [2.45, 2.75) is 45.8 Å². The summed E-state index contributed by atoms with van der Waals surface area (Å²) in [6, 6.07) is 8.16. The summed E-state index contributed by atoms with van der Waals surface area (Å²) in [5.74, 6) is 1.55. The zero-order valence-electron chi connectivity index (χ0n) is 14.3. The van der Waals surface area contributed by atoms with Crippen LogP contribution in [0.15, 0.2) is 36.9 Å². The van der Waals surface area contributed by atoms with Gasteiger partial charge in [0.15, 0.2) is 0 Å². The SMILES string of the molecule is C=CCCC(O)CN(CCC(C)C)Cc1cccc(OC)c1. The highest BCUT2D eigenvalue weighted by atomic mass is 16.5. The first kappa shape index (κ1) is 18.7.